The second-order valence-corrected chi connectivity index (χ2v) is 5.79. The third-order valence-electron chi connectivity index (χ3n) is 4.00. The molecule has 0 saturated carbocycles. The van der Waals surface area contributed by atoms with Gasteiger partial charge in [-0.1, -0.05) is 18.9 Å². The van der Waals surface area contributed by atoms with Crippen LogP contribution in [0.15, 0.2) is 18.2 Å². The van der Waals surface area contributed by atoms with Gasteiger partial charge in [0.1, 0.15) is 11.6 Å². The van der Waals surface area contributed by atoms with Gasteiger partial charge in [0.2, 0.25) is 0 Å². The predicted molar refractivity (Wildman–Crippen MR) is 75.3 cm³/mol. The minimum atomic E-state index is -0.539. The van der Waals surface area contributed by atoms with Crippen LogP contribution in [0.5, 0.6) is 0 Å². The number of halogens is 2. The molecule has 2 nitrogen and oxygen atoms in total. The van der Waals surface area contributed by atoms with Crippen LogP contribution in [-0.2, 0) is 6.54 Å². The topological polar surface area (TPSA) is 23.5 Å². The zero-order valence-electron chi connectivity index (χ0n) is 12.0. The Balaban J connectivity index is 2.10. The second kappa shape index (κ2) is 7.14. The fourth-order valence-electron chi connectivity index (χ4n) is 2.97. The van der Waals surface area contributed by atoms with Gasteiger partial charge in [0.05, 0.1) is 6.10 Å². The van der Waals surface area contributed by atoms with Gasteiger partial charge in [-0.15, -0.1) is 0 Å². The molecule has 1 aliphatic rings. The molecule has 1 saturated heterocycles. The summed E-state index contributed by atoms with van der Waals surface area (Å²) in [5, 5.41) is 9.62. The van der Waals surface area contributed by atoms with Gasteiger partial charge in [-0.3, -0.25) is 4.90 Å². The molecule has 1 aromatic carbocycles. The minimum Gasteiger partial charge on any atom is -0.393 e. The van der Waals surface area contributed by atoms with Crippen LogP contribution >= 0.6 is 0 Å². The average molecular weight is 283 g/mol. The largest absolute Gasteiger partial charge is 0.393 e. The summed E-state index contributed by atoms with van der Waals surface area (Å²) in [5.41, 5.74) is 0.531. The standard InChI is InChI=1S/C16H23F2NO/c1-12(20)9-15-5-3-2-4-8-19(15)11-13-6-7-14(17)10-16(13)18/h6-7,10,12,15,20H,2-5,8-9,11H2,1H3. The van der Waals surface area contributed by atoms with Crippen molar-refractivity contribution in [2.24, 2.45) is 0 Å². The van der Waals surface area contributed by atoms with Gasteiger partial charge in [-0.2, -0.15) is 0 Å². The van der Waals surface area contributed by atoms with E-state index in [0.29, 0.717) is 18.5 Å². The summed E-state index contributed by atoms with van der Waals surface area (Å²) in [7, 11) is 0. The van der Waals surface area contributed by atoms with Gasteiger partial charge < -0.3 is 5.11 Å². The quantitative estimate of drug-likeness (QED) is 0.914. The Bertz CT molecular complexity index is 436. The highest BCUT2D eigenvalue weighted by Crippen LogP contribution is 2.23. The molecule has 112 valence electrons. The molecule has 1 aliphatic heterocycles. The van der Waals surface area contributed by atoms with Crippen LogP contribution < -0.4 is 0 Å². The molecule has 2 rings (SSSR count). The first-order valence-electron chi connectivity index (χ1n) is 7.42. The maximum atomic E-state index is 13.8. The van der Waals surface area contributed by atoms with Crippen molar-refractivity contribution in [3.05, 3.63) is 35.4 Å². The fourth-order valence-corrected chi connectivity index (χ4v) is 2.97. The molecule has 2 unspecified atom stereocenters. The molecule has 1 fully saturated rings. The number of aliphatic hydroxyl groups is 1. The molecule has 1 N–H and O–H groups in total. The Kier molecular flexibility index (Phi) is 5.49. The van der Waals surface area contributed by atoms with Crippen molar-refractivity contribution in [3.8, 4) is 0 Å². The predicted octanol–water partition coefficient (Wildman–Crippen LogP) is 3.48. The summed E-state index contributed by atoms with van der Waals surface area (Å²) in [6, 6.07) is 4.05. The van der Waals surface area contributed by atoms with Crippen LogP contribution in [0.3, 0.4) is 0 Å². The lowest BCUT2D eigenvalue weighted by Crippen LogP contribution is -2.36. The average Bonchev–Trinajstić information content (AvgIpc) is 2.58. The Morgan fingerprint density at radius 3 is 2.80 bits per heavy atom. The fraction of sp³-hybridized carbons (Fsp3) is 0.625. The Labute approximate surface area is 119 Å². The van der Waals surface area contributed by atoms with Crippen molar-refractivity contribution < 1.29 is 13.9 Å². The third kappa shape index (κ3) is 4.25. The highest BCUT2D eigenvalue weighted by molar-refractivity contribution is 5.18. The van der Waals surface area contributed by atoms with Crippen LogP contribution in [0.1, 0.15) is 44.6 Å². The van der Waals surface area contributed by atoms with E-state index in [2.05, 4.69) is 4.90 Å². The van der Waals surface area contributed by atoms with Crippen LogP contribution in [-0.4, -0.2) is 28.7 Å². The molecule has 0 amide bonds. The zero-order valence-corrected chi connectivity index (χ0v) is 12.0. The number of nitrogens with zero attached hydrogens (tertiary/aromatic N) is 1. The molecule has 0 spiro atoms. The molecule has 0 bridgehead atoms. The summed E-state index contributed by atoms with van der Waals surface area (Å²) < 4.78 is 26.7. The lowest BCUT2D eigenvalue weighted by Gasteiger charge is -2.31. The smallest absolute Gasteiger partial charge is 0.130 e. The van der Waals surface area contributed by atoms with Crippen molar-refractivity contribution in [3.63, 3.8) is 0 Å². The van der Waals surface area contributed by atoms with Crippen LogP contribution in [0.2, 0.25) is 0 Å². The zero-order chi connectivity index (χ0) is 14.5. The normalized spacial score (nSPS) is 22.5. The van der Waals surface area contributed by atoms with E-state index in [1.807, 2.05) is 0 Å². The van der Waals surface area contributed by atoms with Gasteiger partial charge in [0.25, 0.3) is 0 Å². The summed E-state index contributed by atoms with van der Waals surface area (Å²) in [4.78, 5) is 2.23. The first-order chi connectivity index (χ1) is 9.56. The number of likely N-dealkylation sites (tertiary alicyclic amines) is 1. The van der Waals surface area contributed by atoms with Crippen molar-refractivity contribution in [2.45, 2.75) is 57.7 Å². The maximum absolute atomic E-state index is 13.8. The van der Waals surface area contributed by atoms with Crippen LogP contribution in [0.4, 0.5) is 8.78 Å². The number of hydrogen-bond donors (Lipinski definition) is 1. The van der Waals surface area contributed by atoms with E-state index in [0.717, 1.165) is 31.9 Å². The molecule has 0 radical (unpaired) electrons. The summed E-state index contributed by atoms with van der Waals surface area (Å²) >= 11 is 0. The monoisotopic (exact) mass is 283 g/mol. The molecular weight excluding hydrogens is 260 g/mol. The Morgan fingerprint density at radius 1 is 1.30 bits per heavy atom. The molecule has 1 heterocycles. The van der Waals surface area contributed by atoms with Crippen LogP contribution in [0.25, 0.3) is 0 Å². The summed E-state index contributed by atoms with van der Waals surface area (Å²) in [5.74, 6) is -1.02. The lowest BCUT2D eigenvalue weighted by atomic mass is 10.0. The van der Waals surface area contributed by atoms with Gasteiger partial charge in [0, 0.05) is 24.2 Å². The van der Waals surface area contributed by atoms with Gasteiger partial charge in [-0.25, -0.2) is 8.78 Å². The van der Waals surface area contributed by atoms with Gasteiger partial charge in [0.15, 0.2) is 0 Å². The Morgan fingerprint density at radius 2 is 2.10 bits per heavy atom. The number of benzene rings is 1. The van der Waals surface area contributed by atoms with E-state index in [9.17, 15) is 13.9 Å². The van der Waals surface area contributed by atoms with Crippen molar-refractivity contribution in [1.82, 2.24) is 4.90 Å². The van der Waals surface area contributed by atoms with Crippen molar-refractivity contribution in [2.75, 3.05) is 6.54 Å². The molecule has 20 heavy (non-hydrogen) atoms. The van der Waals surface area contributed by atoms with E-state index >= 15 is 0 Å². The second-order valence-electron chi connectivity index (χ2n) is 5.79. The third-order valence-corrected chi connectivity index (χ3v) is 4.00. The first kappa shape index (κ1) is 15.4. The molecule has 1 aromatic rings. The Hall–Kier alpha value is -1.00. The minimum absolute atomic E-state index is 0.280. The maximum Gasteiger partial charge on any atom is 0.130 e. The van der Waals surface area contributed by atoms with E-state index in [1.54, 1.807) is 6.92 Å². The molecule has 0 aromatic heterocycles. The van der Waals surface area contributed by atoms with Crippen LogP contribution in [0, 0.1) is 11.6 Å². The van der Waals surface area contributed by atoms with Crippen molar-refractivity contribution >= 4 is 0 Å². The number of aliphatic hydroxyl groups excluding tert-OH is 1. The number of hydrogen-bond acceptors (Lipinski definition) is 2. The van der Waals surface area contributed by atoms with Gasteiger partial charge >= 0.3 is 0 Å². The van der Waals surface area contributed by atoms with Crippen molar-refractivity contribution in [1.29, 1.82) is 0 Å². The summed E-state index contributed by atoms with van der Waals surface area (Å²) in [6.45, 7) is 3.19. The van der Waals surface area contributed by atoms with E-state index in [4.69, 9.17) is 0 Å². The molecule has 4 heteroatoms. The first-order valence-corrected chi connectivity index (χ1v) is 7.42. The lowest BCUT2D eigenvalue weighted by molar-refractivity contribution is 0.107. The van der Waals surface area contributed by atoms with E-state index in [1.165, 1.54) is 18.6 Å². The molecule has 0 aliphatic carbocycles. The SMILES string of the molecule is CC(O)CC1CCCCCN1Cc1ccc(F)cc1F. The molecular formula is C16H23F2NO. The molecule has 2 atom stereocenters. The summed E-state index contributed by atoms with van der Waals surface area (Å²) in [6.07, 6.45) is 4.83. The van der Waals surface area contributed by atoms with E-state index < -0.39 is 11.6 Å². The highest BCUT2D eigenvalue weighted by atomic mass is 19.1. The number of rotatable bonds is 4. The van der Waals surface area contributed by atoms with E-state index in [-0.39, 0.29) is 12.1 Å². The van der Waals surface area contributed by atoms with Gasteiger partial charge in [-0.05, 0) is 38.8 Å². The highest BCUT2D eigenvalue weighted by Gasteiger charge is 2.23.